The van der Waals surface area contributed by atoms with Crippen molar-refractivity contribution in [3.8, 4) is 0 Å². The SMILES string of the molecule is CCNC(c1ccc2cccnc2c1)C1(C)CCCO1. The molecule has 0 radical (unpaired) electrons. The van der Waals surface area contributed by atoms with Gasteiger partial charge in [0.1, 0.15) is 0 Å². The lowest BCUT2D eigenvalue weighted by molar-refractivity contribution is -0.0120. The summed E-state index contributed by atoms with van der Waals surface area (Å²) in [6.07, 6.45) is 4.09. The first-order valence-electron chi connectivity index (χ1n) is 7.45. The van der Waals surface area contributed by atoms with E-state index in [1.54, 1.807) is 0 Å². The van der Waals surface area contributed by atoms with Gasteiger partial charge < -0.3 is 10.1 Å². The molecular formula is C17H22N2O. The van der Waals surface area contributed by atoms with Crippen molar-refractivity contribution in [3.63, 3.8) is 0 Å². The van der Waals surface area contributed by atoms with Crippen molar-refractivity contribution >= 4 is 10.9 Å². The Morgan fingerprint density at radius 3 is 3.05 bits per heavy atom. The highest BCUT2D eigenvalue weighted by Crippen LogP contribution is 2.37. The minimum atomic E-state index is -0.113. The minimum Gasteiger partial charge on any atom is -0.373 e. The van der Waals surface area contributed by atoms with Gasteiger partial charge in [0, 0.05) is 18.2 Å². The highest BCUT2D eigenvalue weighted by atomic mass is 16.5. The molecule has 0 saturated carbocycles. The van der Waals surface area contributed by atoms with Crippen molar-refractivity contribution < 1.29 is 4.74 Å². The zero-order valence-electron chi connectivity index (χ0n) is 12.2. The van der Waals surface area contributed by atoms with E-state index in [0.29, 0.717) is 0 Å². The number of nitrogens with zero attached hydrogens (tertiary/aromatic N) is 1. The molecule has 3 nitrogen and oxygen atoms in total. The molecule has 106 valence electrons. The Balaban J connectivity index is 2.00. The van der Waals surface area contributed by atoms with Gasteiger partial charge in [0.15, 0.2) is 0 Å². The Morgan fingerprint density at radius 1 is 1.40 bits per heavy atom. The van der Waals surface area contributed by atoms with E-state index in [-0.39, 0.29) is 11.6 Å². The largest absolute Gasteiger partial charge is 0.373 e. The molecule has 2 aromatic rings. The fourth-order valence-corrected chi connectivity index (χ4v) is 3.18. The highest BCUT2D eigenvalue weighted by molar-refractivity contribution is 5.79. The molecule has 2 unspecified atom stereocenters. The predicted molar refractivity (Wildman–Crippen MR) is 81.8 cm³/mol. The van der Waals surface area contributed by atoms with Gasteiger partial charge in [-0.05, 0) is 44.0 Å². The first-order chi connectivity index (χ1) is 9.73. The van der Waals surface area contributed by atoms with Crippen molar-refractivity contribution in [1.82, 2.24) is 10.3 Å². The van der Waals surface area contributed by atoms with Gasteiger partial charge in [-0.3, -0.25) is 4.98 Å². The number of pyridine rings is 1. The Bertz CT molecular complexity index is 590. The van der Waals surface area contributed by atoms with Gasteiger partial charge in [0.2, 0.25) is 0 Å². The van der Waals surface area contributed by atoms with E-state index in [2.05, 4.69) is 48.4 Å². The van der Waals surface area contributed by atoms with E-state index < -0.39 is 0 Å². The van der Waals surface area contributed by atoms with Crippen LogP contribution >= 0.6 is 0 Å². The molecule has 0 bridgehead atoms. The molecule has 1 saturated heterocycles. The number of benzene rings is 1. The number of rotatable bonds is 4. The highest BCUT2D eigenvalue weighted by Gasteiger charge is 2.38. The molecule has 0 amide bonds. The van der Waals surface area contributed by atoms with Crippen LogP contribution < -0.4 is 5.32 Å². The summed E-state index contributed by atoms with van der Waals surface area (Å²) in [5.74, 6) is 0. The molecule has 2 atom stereocenters. The molecule has 3 rings (SSSR count). The van der Waals surface area contributed by atoms with Crippen LogP contribution in [0.2, 0.25) is 0 Å². The molecule has 2 heterocycles. The number of hydrogen-bond acceptors (Lipinski definition) is 3. The lowest BCUT2D eigenvalue weighted by atomic mass is 9.87. The van der Waals surface area contributed by atoms with Crippen LogP contribution in [0.3, 0.4) is 0 Å². The summed E-state index contributed by atoms with van der Waals surface area (Å²) in [5, 5.41) is 4.78. The number of nitrogens with one attached hydrogen (secondary N) is 1. The summed E-state index contributed by atoms with van der Waals surface area (Å²) in [5.41, 5.74) is 2.20. The summed E-state index contributed by atoms with van der Waals surface area (Å²) in [6.45, 7) is 6.16. The van der Waals surface area contributed by atoms with E-state index in [0.717, 1.165) is 31.5 Å². The minimum absolute atomic E-state index is 0.113. The maximum Gasteiger partial charge on any atom is 0.0849 e. The number of fused-ring (bicyclic) bond motifs is 1. The maximum atomic E-state index is 6.04. The van der Waals surface area contributed by atoms with Gasteiger partial charge in [-0.2, -0.15) is 0 Å². The van der Waals surface area contributed by atoms with Crippen molar-refractivity contribution in [3.05, 3.63) is 42.1 Å². The molecule has 0 spiro atoms. The van der Waals surface area contributed by atoms with Crippen molar-refractivity contribution in [2.45, 2.75) is 38.3 Å². The van der Waals surface area contributed by atoms with Crippen LogP contribution in [0.5, 0.6) is 0 Å². The number of hydrogen-bond donors (Lipinski definition) is 1. The average molecular weight is 270 g/mol. The zero-order chi connectivity index (χ0) is 14.0. The van der Waals surface area contributed by atoms with Gasteiger partial charge in [-0.1, -0.05) is 25.1 Å². The molecule has 1 aliphatic rings. The summed E-state index contributed by atoms with van der Waals surface area (Å²) in [6, 6.07) is 10.8. The molecule has 0 aliphatic carbocycles. The van der Waals surface area contributed by atoms with Gasteiger partial charge in [0.25, 0.3) is 0 Å². The topological polar surface area (TPSA) is 34.2 Å². The summed E-state index contributed by atoms with van der Waals surface area (Å²) in [7, 11) is 0. The van der Waals surface area contributed by atoms with Gasteiger partial charge in [-0.15, -0.1) is 0 Å². The van der Waals surface area contributed by atoms with Crippen molar-refractivity contribution in [2.24, 2.45) is 0 Å². The zero-order valence-corrected chi connectivity index (χ0v) is 12.2. The van der Waals surface area contributed by atoms with Crippen LogP contribution in [0.25, 0.3) is 10.9 Å². The van der Waals surface area contributed by atoms with E-state index >= 15 is 0 Å². The standard InChI is InChI=1S/C17H22N2O/c1-3-18-16(17(2)9-5-11-20-17)14-8-7-13-6-4-10-19-15(13)12-14/h4,6-8,10,12,16,18H,3,5,9,11H2,1-2H3. The molecular weight excluding hydrogens is 248 g/mol. The van der Waals surface area contributed by atoms with Crippen LogP contribution in [0.15, 0.2) is 36.5 Å². The van der Waals surface area contributed by atoms with E-state index in [9.17, 15) is 0 Å². The van der Waals surface area contributed by atoms with Crippen LogP contribution in [0, 0.1) is 0 Å². The lowest BCUT2D eigenvalue weighted by Gasteiger charge is -2.34. The smallest absolute Gasteiger partial charge is 0.0849 e. The quantitative estimate of drug-likeness (QED) is 0.924. The second kappa shape index (κ2) is 5.51. The van der Waals surface area contributed by atoms with Crippen LogP contribution in [-0.2, 0) is 4.74 Å². The first kappa shape index (κ1) is 13.5. The third kappa shape index (κ3) is 2.43. The third-order valence-corrected chi connectivity index (χ3v) is 4.23. The fourth-order valence-electron chi connectivity index (χ4n) is 3.18. The molecule has 1 N–H and O–H groups in total. The van der Waals surface area contributed by atoms with Crippen LogP contribution in [0.4, 0.5) is 0 Å². The number of ether oxygens (including phenoxy) is 1. The summed E-state index contributed by atoms with van der Waals surface area (Å²) in [4.78, 5) is 4.47. The Hall–Kier alpha value is -1.45. The number of likely N-dealkylation sites (N-methyl/N-ethyl adjacent to an activating group) is 1. The van der Waals surface area contributed by atoms with E-state index in [4.69, 9.17) is 4.74 Å². The Morgan fingerprint density at radius 2 is 2.30 bits per heavy atom. The lowest BCUT2D eigenvalue weighted by Crippen LogP contribution is -2.41. The molecule has 1 aromatic carbocycles. The summed E-state index contributed by atoms with van der Waals surface area (Å²) < 4.78 is 6.04. The molecule has 3 heteroatoms. The molecule has 20 heavy (non-hydrogen) atoms. The van der Waals surface area contributed by atoms with Gasteiger partial charge in [0.05, 0.1) is 17.2 Å². The molecule has 1 fully saturated rings. The van der Waals surface area contributed by atoms with Crippen LogP contribution in [-0.4, -0.2) is 23.7 Å². The Labute approximate surface area is 120 Å². The predicted octanol–water partition coefficient (Wildman–Crippen LogP) is 3.45. The Kier molecular flexibility index (Phi) is 3.72. The molecule has 1 aromatic heterocycles. The maximum absolute atomic E-state index is 6.04. The van der Waals surface area contributed by atoms with E-state index in [1.165, 1.54) is 10.9 Å². The second-order valence-electron chi connectivity index (χ2n) is 5.71. The average Bonchev–Trinajstić information content (AvgIpc) is 2.92. The van der Waals surface area contributed by atoms with Crippen molar-refractivity contribution in [1.29, 1.82) is 0 Å². The fraction of sp³-hybridized carbons (Fsp3) is 0.471. The second-order valence-corrected chi connectivity index (χ2v) is 5.71. The van der Waals surface area contributed by atoms with Crippen LogP contribution in [0.1, 0.15) is 38.3 Å². The first-order valence-corrected chi connectivity index (χ1v) is 7.45. The molecule has 1 aliphatic heterocycles. The normalized spacial score (nSPS) is 24.1. The van der Waals surface area contributed by atoms with Gasteiger partial charge in [-0.25, -0.2) is 0 Å². The van der Waals surface area contributed by atoms with Crippen molar-refractivity contribution in [2.75, 3.05) is 13.2 Å². The summed E-state index contributed by atoms with van der Waals surface area (Å²) >= 11 is 0. The van der Waals surface area contributed by atoms with E-state index in [1.807, 2.05) is 12.3 Å². The monoisotopic (exact) mass is 270 g/mol. The van der Waals surface area contributed by atoms with Gasteiger partial charge >= 0.3 is 0 Å². The number of aromatic nitrogens is 1. The third-order valence-electron chi connectivity index (χ3n) is 4.23.